The van der Waals surface area contributed by atoms with Gasteiger partial charge in [0.2, 0.25) is 0 Å². The first kappa shape index (κ1) is 11.1. The Bertz CT molecular complexity index is 261. The van der Waals surface area contributed by atoms with Crippen molar-refractivity contribution in [2.24, 2.45) is 0 Å². The van der Waals surface area contributed by atoms with Crippen molar-refractivity contribution >= 4 is 28.6 Å². The summed E-state index contributed by atoms with van der Waals surface area (Å²) in [6.45, 7) is 2.12. The zero-order valence-corrected chi connectivity index (χ0v) is 10.3. The molecule has 1 aromatic rings. The third kappa shape index (κ3) is 2.72. The molecule has 0 radical (unpaired) electrons. The van der Waals surface area contributed by atoms with Gasteiger partial charge in [0.15, 0.2) is 0 Å². The predicted octanol–water partition coefficient (Wildman–Crippen LogP) is 2.27. The van der Waals surface area contributed by atoms with Gasteiger partial charge in [0.05, 0.1) is 0 Å². The molecular formula is C10H13ClOSe. The summed E-state index contributed by atoms with van der Waals surface area (Å²) in [6, 6.07) is 8.22. The first-order valence-electron chi connectivity index (χ1n) is 4.23. The van der Waals surface area contributed by atoms with E-state index in [1.54, 1.807) is 7.11 Å². The molecule has 0 N–H and O–H groups in total. The van der Waals surface area contributed by atoms with Crippen molar-refractivity contribution < 1.29 is 4.74 Å². The molecule has 1 nitrogen and oxygen atoms in total. The van der Waals surface area contributed by atoms with Crippen LogP contribution in [0.2, 0.25) is 0 Å². The van der Waals surface area contributed by atoms with Crippen LogP contribution in [0.1, 0.15) is 25.0 Å². The molecule has 0 aliphatic carbocycles. The second-order valence-electron chi connectivity index (χ2n) is 2.75. The molecule has 3 heteroatoms. The molecule has 0 heterocycles. The molecule has 0 fully saturated rings. The number of rotatable bonds is 4. The van der Waals surface area contributed by atoms with Gasteiger partial charge in [-0.05, 0) is 0 Å². The quantitative estimate of drug-likeness (QED) is 0.757. The van der Waals surface area contributed by atoms with Gasteiger partial charge < -0.3 is 0 Å². The van der Waals surface area contributed by atoms with E-state index in [9.17, 15) is 0 Å². The molecule has 0 saturated heterocycles. The van der Waals surface area contributed by atoms with Crippen molar-refractivity contribution in [1.29, 1.82) is 0 Å². The van der Waals surface area contributed by atoms with E-state index in [-0.39, 0.29) is 20.1 Å². The average Bonchev–Trinajstić information content (AvgIpc) is 2.20. The SMILES string of the molecule is CCC(OC)c1ccccc1[Se]Cl. The van der Waals surface area contributed by atoms with E-state index in [1.165, 1.54) is 10.0 Å². The molecule has 1 aromatic carbocycles. The first-order chi connectivity index (χ1) is 6.33. The molecule has 0 spiro atoms. The topological polar surface area (TPSA) is 9.23 Å². The van der Waals surface area contributed by atoms with Crippen LogP contribution in [0.5, 0.6) is 0 Å². The summed E-state index contributed by atoms with van der Waals surface area (Å²) in [5.41, 5.74) is 1.24. The number of hydrogen-bond donors (Lipinski definition) is 0. The Hall–Kier alpha value is -0.0105. The van der Waals surface area contributed by atoms with Crippen LogP contribution >= 0.6 is 10.1 Å². The molecular weight excluding hydrogens is 251 g/mol. The van der Waals surface area contributed by atoms with Gasteiger partial charge in [-0.1, -0.05) is 0 Å². The van der Waals surface area contributed by atoms with Crippen molar-refractivity contribution in [3.8, 4) is 0 Å². The van der Waals surface area contributed by atoms with Crippen molar-refractivity contribution in [1.82, 2.24) is 0 Å². The second kappa shape index (κ2) is 5.66. The normalized spacial score (nSPS) is 12.8. The van der Waals surface area contributed by atoms with E-state index < -0.39 is 0 Å². The zero-order chi connectivity index (χ0) is 9.68. The van der Waals surface area contributed by atoms with Crippen molar-refractivity contribution in [3.05, 3.63) is 29.8 Å². The van der Waals surface area contributed by atoms with E-state index in [2.05, 4.69) is 19.1 Å². The van der Waals surface area contributed by atoms with Gasteiger partial charge in [0.1, 0.15) is 0 Å². The third-order valence-electron chi connectivity index (χ3n) is 2.00. The van der Waals surface area contributed by atoms with Gasteiger partial charge in [-0.2, -0.15) is 0 Å². The van der Waals surface area contributed by atoms with E-state index in [0.717, 1.165) is 6.42 Å². The van der Waals surface area contributed by atoms with Crippen molar-refractivity contribution in [3.63, 3.8) is 0 Å². The summed E-state index contributed by atoms with van der Waals surface area (Å²) in [4.78, 5) is 0. The van der Waals surface area contributed by atoms with Crippen LogP contribution in [0.15, 0.2) is 24.3 Å². The standard InChI is InChI=1S/C10H13ClOSe/c1-3-9(12-2)8-6-4-5-7-10(8)13-11/h4-7,9H,3H2,1-2H3. The summed E-state index contributed by atoms with van der Waals surface area (Å²) < 4.78 is 6.61. The number of benzene rings is 1. The average molecular weight is 264 g/mol. The van der Waals surface area contributed by atoms with Crippen LogP contribution in [0.25, 0.3) is 0 Å². The second-order valence-corrected chi connectivity index (χ2v) is 4.80. The van der Waals surface area contributed by atoms with Gasteiger partial charge >= 0.3 is 89.7 Å². The molecule has 0 aromatic heterocycles. The first-order valence-corrected chi connectivity index (χ1v) is 7.34. The molecule has 0 bridgehead atoms. The zero-order valence-electron chi connectivity index (χ0n) is 7.79. The van der Waals surface area contributed by atoms with Gasteiger partial charge in [0, 0.05) is 0 Å². The Labute approximate surface area is 89.8 Å². The number of ether oxygens (including phenoxy) is 1. The van der Waals surface area contributed by atoms with Crippen LogP contribution in [0.4, 0.5) is 0 Å². The van der Waals surface area contributed by atoms with Crippen molar-refractivity contribution in [2.75, 3.05) is 7.11 Å². The Balaban J connectivity index is 2.96. The van der Waals surface area contributed by atoms with Gasteiger partial charge in [-0.3, -0.25) is 0 Å². The monoisotopic (exact) mass is 264 g/mol. The fraction of sp³-hybridized carbons (Fsp3) is 0.400. The molecule has 72 valence electrons. The number of hydrogen-bond acceptors (Lipinski definition) is 1. The molecule has 1 rings (SSSR count). The molecule has 13 heavy (non-hydrogen) atoms. The van der Waals surface area contributed by atoms with Crippen LogP contribution in [0.3, 0.4) is 0 Å². The maximum absolute atomic E-state index is 5.90. The van der Waals surface area contributed by atoms with E-state index in [4.69, 9.17) is 14.8 Å². The van der Waals surface area contributed by atoms with Crippen LogP contribution in [-0.2, 0) is 4.74 Å². The van der Waals surface area contributed by atoms with Gasteiger partial charge in [0.25, 0.3) is 0 Å². The summed E-state index contributed by atoms with van der Waals surface area (Å²) in [5, 5.41) is 0. The predicted molar refractivity (Wildman–Crippen MR) is 57.7 cm³/mol. The number of methoxy groups -OCH3 is 1. The van der Waals surface area contributed by atoms with Crippen LogP contribution in [-0.4, -0.2) is 21.2 Å². The van der Waals surface area contributed by atoms with Gasteiger partial charge in [-0.25, -0.2) is 0 Å². The molecule has 0 amide bonds. The third-order valence-corrected chi connectivity index (χ3v) is 4.00. The minimum atomic E-state index is 0.0303. The maximum atomic E-state index is 5.90. The molecule has 0 aliphatic heterocycles. The Kier molecular flexibility index (Phi) is 4.82. The van der Waals surface area contributed by atoms with Crippen LogP contribution < -0.4 is 4.46 Å². The minimum absolute atomic E-state index is 0.0303. The summed E-state index contributed by atoms with van der Waals surface area (Å²) in [7, 11) is 7.64. The van der Waals surface area contributed by atoms with Crippen LogP contribution in [0, 0.1) is 0 Å². The van der Waals surface area contributed by atoms with Crippen molar-refractivity contribution in [2.45, 2.75) is 19.4 Å². The van der Waals surface area contributed by atoms with Gasteiger partial charge in [-0.15, -0.1) is 0 Å². The van der Waals surface area contributed by atoms with E-state index in [0.29, 0.717) is 0 Å². The Morgan fingerprint density at radius 3 is 2.69 bits per heavy atom. The summed E-state index contributed by atoms with van der Waals surface area (Å²) in [5.74, 6) is 0. The molecule has 1 atom stereocenters. The Morgan fingerprint density at radius 1 is 1.46 bits per heavy atom. The fourth-order valence-electron chi connectivity index (χ4n) is 1.33. The Morgan fingerprint density at radius 2 is 2.15 bits per heavy atom. The van der Waals surface area contributed by atoms with E-state index >= 15 is 0 Å². The van der Waals surface area contributed by atoms with E-state index in [1.807, 2.05) is 12.1 Å². The number of halogens is 1. The summed E-state index contributed by atoms with van der Waals surface area (Å²) in [6.07, 6.45) is 1.18. The fourth-order valence-corrected chi connectivity index (χ4v) is 2.94. The molecule has 0 saturated carbocycles. The molecule has 1 unspecified atom stereocenters. The summed E-state index contributed by atoms with van der Waals surface area (Å²) >= 11 is 0.0303. The molecule has 0 aliphatic rings.